The van der Waals surface area contributed by atoms with Gasteiger partial charge in [0.1, 0.15) is 6.04 Å². The highest BCUT2D eigenvalue weighted by Gasteiger charge is 2.65. The van der Waals surface area contributed by atoms with Crippen LogP contribution in [0.5, 0.6) is 0 Å². The number of fused-ring (bicyclic) bond motifs is 2. The van der Waals surface area contributed by atoms with E-state index in [1.165, 1.54) is 7.11 Å². The van der Waals surface area contributed by atoms with Gasteiger partial charge < -0.3 is 9.72 Å². The van der Waals surface area contributed by atoms with E-state index in [9.17, 15) is 4.79 Å². The van der Waals surface area contributed by atoms with Crippen molar-refractivity contribution in [3.05, 3.63) is 48.2 Å². The van der Waals surface area contributed by atoms with Crippen LogP contribution in [0.1, 0.15) is 31.2 Å². The smallest absolute Gasteiger partial charge is 0.325 e. The van der Waals surface area contributed by atoms with Crippen LogP contribution in [-0.2, 0) is 20.8 Å². The van der Waals surface area contributed by atoms with E-state index in [0.717, 1.165) is 42.1 Å². The maximum Gasteiger partial charge on any atom is 0.325 e. The normalized spacial score (nSPS) is 33.3. The number of nitrogens with one attached hydrogen (secondary N) is 1. The summed E-state index contributed by atoms with van der Waals surface area (Å²) in [6.45, 7) is 0. The molecule has 1 aromatic carbocycles. The maximum atomic E-state index is 12.5. The van der Waals surface area contributed by atoms with Gasteiger partial charge in [-0.15, -0.1) is 5.06 Å². The van der Waals surface area contributed by atoms with Crippen molar-refractivity contribution >= 4 is 16.9 Å². The Morgan fingerprint density at radius 1 is 1.31 bits per heavy atom. The third-order valence-corrected chi connectivity index (χ3v) is 6.36. The lowest BCUT2D eigenvalue weighted by molar-refractivity contribution is -0.147. The number of carbonyl (C=O) groups is 1. The number of rotatable bonds is 4. The van der Waals surface area contributed by atoms with Crippen LogP contribution in [-0.4, -0.2) is 34.9 Å². The van der Waals surface area contributed by atoms with Crippen molar-refractivity contribution in [2.75, 3.05) is 7.11 Å². The van der Waals surface area contributed by atoms with Crippen molar-refractivity contribution in [3.8, 4) is 0 Å². The third kappa shape index (κ3) is 2.49. The number of hydroxylamine groups is 2. The summed E-state index contributed by atoms with van der Waals surface area (Å²) in [4.78, 5) is 21.9. The molecule has 0 amide bonds. The average molecular weight is 352 g/mol. The van der Waals surface area contributed by atoms with Crippen molar-refractivity contribution in [1.29, 1.82) is 0 Å². The highest BCUT2D eigenvalue weighted by Crippen LogP contribution is 2.57. The number of hydrogen-bond acceptors (Lipinski definition) is 4. The molecule has 5 atom stereocenters. The monoisotopic (exact) mass is 352 g/mol. The number of carbonyl (C=O) groups excluding carboxylic acids is 1. The van der Waals surface area contributed by atoms with Crippen molar-refractivity contribution < 1.29 is 14.4 Å². The Labute approximate surface area is 152 Å². The fraction of sp³-hybridized carbons (Fsp3) is 0.476. The van der Waals surface area contributed by atoms with E-state index >= 15 is 0 Å². The van der Waals surface area contributed by atoms with E-state index < -0.39 is 6.04 Å². The maximum absolute atomic E-state index is 12.5. The largest absolute Gasteiger partial charge is 0.468 e. The highest BCUT2D eigenvalue weighted by atomic mass is 16.9. The first-order valence-electron chi connectivity index (χ1n) is 9.46. The SMILES string of the molecule is COC(=O)[C@@H](Cc1c[nH]c2ccccc12)N1OC12C[C@H]1CC=CC[C@H]1C2. The van der Waals surface area contributed by atoms with Gasteiger partial charge in [0.2, 0.25) is 0 Å². The van der Waals surface area contributed by atoms with Gasteiger partial charge in [0.25, 0.3) is 0 Å². The Balaban J connectivity index is 1.39. The molecule has 2 aliphatic carbocycles. The number of methoxy groups -OCH3 is 1. The molecule has 0 bridgehead atoms. The number of aromatic amines is 1. The Hall–Kier alpha value is -2.11. The number of H-pyrrole nitrogens is 1. The van der Waals surface area contributed by atoms with E-state index in [4.69, 9.17) is 9.57 Å². The lowest BCUT2D eigenvalue weighted by Crippen LogP contribution is -2.36. The summed E-state index contributed by atoms with van der Waals surface area (Å²) in [5.41, 5.74) is 1.95. The van der Waals surface area contributed by atoms with Crippen LogP contribution in [0.25, 0.3) is 10.9 Å². The molecular formula is C21H24N2O3. The van der Waals surface area contributed by atoms with Gasteiger partial charge in [-0.25, -0.2) is 0 Å². The Bertz CT molecular complexity index is 855. The quantitative estimate of drug-likeness (QED) is 0.519. The molecule has 26 heavy (non-hydrogen) atoms. The van der Waals surface area contributed by atoms with Crippen molar-refractivity contribution in [2.24, 2.45) is 11.8 Å². The van der Waals surface area contributed by atoms with Crippen LogP contribution >= 0.6 is 0 Å². The van der Waals surface area contributed by atoms with E-state index in [1.54, 1.807) is 0 Å². The molecule has 1 aromatic heterocycles. The third-order valence-electron chi connectivity index (χ3n) is 6.36. The lowest BCUT2D eigenvalue weighted by Gasteiger charge is -2.18. The Morgan fingerprint density at radius 3 is 2.77 bits per heavy atom. The Kier molecular flexibility index (Phi) is 3.69. The van der Waals surface area contributed by atoms with Crippen LogP contribution in [0, 0.1) is 11.8 Å². The standard InChI is InChI=1S/C21H24N2O3/c1-25-20(24)19(10-16-13-22-18-9-5-4-8-17(16)18)23-21(26-23)11-14-6-2-3-7-15(14)12-21/h2-5,8-9,13-15,19,22H,6-7,10-12H2,1H3/t14-,15+,19-,21?,23?/m1/s1. The van der Waals surface area contributed by atoms with Gasteiger partial charge in [-0.3, -0.25) is 9.63 Å². The predicted molar refractivity (Wildman–Crippen MR) is 98.0 cm³/mol. The summed E-state index contributed by atoms with van der Waals surface area (Å²) in [5, 5.41) is 3.08. The summed E-state index contributed by atoms with van der Waals surface area (Å²) in [5.74, 6) is 1.13. The molecule has 2 fully saturated rings. The van der Waals surface area contributed by atoms with E-state index in [0.29, 0.717) is 18.3 Å². The summed E-state index contributed by atoms with van der Waals surface area (Å²) in [6, 6.07) is 7.78. The predicted octanol–water partition coefficient (Wildman–Crippen LogP) is 3.57. The minimum atomic E-state index is -0.396. The van der Waals surface area contributed by atoms with Gasteiger partial charge >= 0.3 is 5.97 Å². The topological polar surface area (TPSA) is 57.6 Å². The summed E-state index contributed by atoms with van der Waals surface area (Å²) >= 11 is 0. The summed E-state index contributed by atoms with van der Waals surface area (Å²) in [6.07, 6.45) is 11.5. The van der Waals surface area contributed by atoms with E-state index in [2.05, 4.69) is 29.3 Å². The molecule has 1 saturated heterocycles. The molecule has 2 unspecified atom stereocenters. The van der Waals surface area contributed by atoms with Gasteiger partial charge in [-0.1, -0.05) is 30.4 Å². The molecule has 1 N–H and O–H groups in total. The molecule has 5 heteroatoms. The first-order valence-corrected chi connectivity index (χ1v) is 9.46. The molecule has 1 saturated carbocycles. The number of allylic oxidation sites excluding steroid dienone is 2. The van der Waals surface area contributed by atoms with Gasteiger partial charge in [0.05, 0.1) is 7.11 Å². The van der Waals surface area contributed by atoms with Crippen LogP contribution < -0.4 is 0 Å². The zero-order valence-electron chi connectivity index (χ0n) is 15.0. The number of ether oxygens (including phenoxy) is 1. The molecule has 2 aromatic rings. The molecule has 1 spiro atoms. The number of hydrogen-bond donors (Lipinski definition) is 1. The van der Waals surface area contributed by atoms with Crippen molar-refractivity contribution in [1.82, 2.24) is 10.0 Å². The first kappa shape index (κ1) is 16.1. The number of esters is 1. The minimum Gasteiger partial charge on any atom is -0.468 e. The molecule has 5 rings (SSSR count). The Morgan fingerprint density at radius 2 is 2.04 bits per heavy atom. The molecule has 2 heterocycles. The second-order valence-electron chi connectivity index (χ2n) is 7.84. The van der Waals surface area contributed by atoms with Gasteiger partial charge in [-0.2, -0.15) is 0 Å². The van der Waals surface area contributed by atoms with E-state index in [1.807, 2.05) is 23.4 Å². The van der Waals surface area contributed by atoms with Crippen LogP contribution in [0.3, 0.4) is 0 Å². The number of aromatic nitrogens is 1. The van der Waals surface area contributed by atoms with E-state index in [-0.39, 0.29) is 11.7 Å². The first-order chi connectivity index (χ1) is 12.7. The summed E-state index contributed by atoms with van der Waals surface area (Å²) in [7, 11) is 1.46. The van der Waals surface area contributed by atoms with Gasteiger partial charge in [0.15, 0.2) is 5.72 Å². The minimum absolute atomic E-state index is 0.222. The molecular weight excluding hydrogens is 328 g/mol. The van der Waals surface area contributed by atoms with Crippen LogP contribution in [0.15, 0.2) is 42.6 Å². The fourth-order valence-corrected chi connectivity index (χ4v) is 5.00. The highest BCUT2D eigenvalue weighted by molar-refractivity contribution is 5.84. The molecule has 3 aliphatic rings. The van der Waals surface area contributed by atoms with Crippen LogP contribution in [0.4, 0.5) is 0 Å². The zero-order valence-corrected chi connectivity index (χ0v) is 15.0. The number of nitrogens with zero attached hydrogens (tertiary/aromatic N) is 1. The van der Waals surface area contributed by atoms with Crippen molar-refractivity contribution in [2.45, 2.75) is 43.9 Å². The van der Waals surface area contributed by atoms with Gasteiger partial charge in [0, 0.05) is 23.5 Å². The molecule has 5 nitrogen and oxygen atoms in total. The molecule has 136 valence electrons. The second-order valence-corrected chi connectivity index (χ2v) is 7.84. The van der Waals surface area contributed by atoms with Crippen LogP contribution in [0.2, 0.25) is 0 Å². The fourth-order valence-electron chi connectivity index (χ4n) is 5.00. The number of benzene rings is 1. The molecule has 1 aliphatic heterocycles. The second kappa shape index (κ2) is 5.96. The zero-order chi connectivity index (χ0) is 17.7. The van der Waals surface area contributed by atoms with Gasteiger partial charge in [-0.05, 0) is 49.1 Å². The summed E-state index contributed by atoms with van der Waals surface area (Å²) < 4.78 is 5.11. The average Bonchev–Trinajstić information content (AvgIpc) is 3.03. The lowest BCUT2D eigenvalue weighted by atomic mass is 9.86. The molecule has 0 radical (unpaired) electrons. The van der Waals surface area contributed by atoms with Crippen molar-refractivity contribution in [3.63, 3.8) is 0 Å². The number of para-hydroxylation sites is 1.